The van der Waals surface area contributed by atoms with Crippen LogP contribution in [-0.2, 0) is 6.42 Å². The molecule has 0 radical (unpaired) electrons. The number of imide groups is 2. The smallest absolute Gasteiger partial charge is 0.266 e. The quantitative estimate of drug-likeness (QED) is 0.0875. The van der Waals surface area contributed by atoms with Gasteiger partial charge < -0.3 is 15.8 Å². The average Bonchev–Trinajstić information content (AvgIpc) is 3.60. The number of ketones is 1. The van der Waals surface area contributed by atoms with Crippen LogP contribution in [0.1, 0.15) is 73.3 Å². The van der Waals surface area contributed by atoms with Gasteiger partial charge in [-0.05, 0) is 116 Å². The van der Waals surface area contributed by atoms with Crippen LogP contribution in [0.4, 0.5) is 22.7 Å². The van der Waals surface area contributed by atoms with Crippen LogP contribution in [0.25, 0.3) is 0 Å². The van der Waals surface area contributed by atoms with Crippen molar-refractivity contribution in [1.29, 1.82) is 0 Å². The number of Topliss-reactive ketones (excluding diaryl/α,β-unsaturated/α-hetero) is 1. The number of nitrogens with two attached hydrogens (primary N) is 1. The zero-order valence-corrected chi connectivity index (χ0v) is 29.2. The monoisotopic (exact) mass is 726 g/mol. The van der Waals surface area contributed by atoms with Crippen LogP contribution in [0.2, 0.25) is 0 Å². The van der Waals surface area contributed by atoms with E-state index in [4.69, 9.17) is 10.5 Å². The second-order valence-electron chi connectivity index (χ2n) is 13.2. The largest absolute Gasteiger partial charge is 0.457 e. The Hall–Kier alpha value is -7.66. The third-order valence-electron chi connectivity index (χ3n) is 9.44. The van der Waals surface area contributed by atoms with Crippen LogP contribution in [0.5, 0.6) is 11.5 Å². The molecule has 2 aliphatic rings. The summed E-state index contributed by atoms with van der Waals surface area (Å²) in [6.07, 6.45) is 0.174. The van der Waals surface area contributed by atoms with Gasteiger partial charge in [0.05, 0.1) is 33.6 Å². The van der Waals surface area contributed by atoms with E-state index in [0.29, 0.717) is 39.8 Å². The zero-order valence-electron chi connectivity index (χ0n) is 29.2. The van der Waals surface area contributed by atoms with Crippen LogP contribution in [0.15, 0.2) is 133 Å². The second-order valence-corrected chi connectivity index (χ2v) is 13.2. The fourth-order valence-electron chi connectivity index (χ4n) is 6.49. The topological polar surface area (TPSA) is 156 Å². The van der Waals surface area contributed by atoms with E-state index in [1.165, 1.54) is 30.3 Å². The lowest BCUT2D eigenvalue weighted by atomic mass is 9.99. The number of fused-ring (bicyclic) bond motifs is 2. The van der Waals surface area contributed by atoms with Crippen LogP contribution < -0.4 is 25.6 Å². The number of carbonyl (C=O) groups excluding carboxylic acids is 6. The molecule has 6 aromatic carbocycles. The number of amides is 5. The van der Waals surface area contributed by atoms with Crippen LogP contribution >= 0.6 is 0 Å². The number of rotatable bonds is 9. The van der Waals surface area contributed by atoms with E-state index in [9.17, 15) is 28.8 Å². The Kier molecular flexibility index (Phi) is 8.59. The highest BCUT2D eigenvalue weighted by Crippen LogP contribution is 2.34. The van der Waals surface area contributed by atoms with Crippen molar-refractivity contribution in [3.8, 4) is 11.5 Å². The van der Waals surface area contributed by atoms with E-state index in [1.807, 2.05) is 31.2 Å². The van der Waals surface area contributed by atoms with Crippen LogP contribution in [0.3, 0.4) is 0 Å². The summed E-state index contributed by atoms with van der Waals surface area (Å²) in [7, 11) is 0. The van der Waals surface area contributed by atoms with Gasteiger partial charge in [-0.1, -0.05) is 35.9 Å². The summed E-state index contributed by atoms with van der Waals surface area (Å²) in [6.45, 7) is 1.97. The summed E-state index contributed by atoms with van der Waals surface area (Å²) in [5.74, 6) is -1.90. The molecule has 0 bridgehead atoms. The minimum Gasteiger partial charge on any atom is -0.457 e. The number of hydrogen-bond donors (Lipinski definition) is 2. The third-order valence-corrected chi connectivity index (χ3v) is 9.44. The minimum absolute atomic E-state index is 0.112. The van der Waals surface area contributed by atoms with E-state index in [0.717, 1.165) is 20.9 Å². The lowest BCUT2D eigenvalue weighted by Gasteiger charge is -2.16. The fraction of sp³-hybridized carbons (Fsp3) is 0.0455. The first-order valence-electron chi connectivity index (χ1n) is 17.2. The lowest BCUT2D eigenvalue weighted by Crippen LogP contribution is -2.29. The molecule has 0 unspecified atom stereocenters. The van der Waals surface area contributed by atoms with Gasteiger partial charge in [-0.25, -0.2) is 9.80 Å². The first-order chi connectivity index (χ1) is 26.5. The van der Waals surface area contributed by atoms with Gasteiger partial charge in [0.25, 0.3) is 29.5 Å². The van der Waals surface area contributed by atoms with E-state index in [-0.39, 0.29) is 40.0 Å². The van der Waals surface area contributed by atoms with Crippen molar-refractivity contribution in [1.82, 2.24) is 0 Å². The molecular formula is C44H30N4O7. The fourth-order valence-corrected chi connectivity index (χ4v) is 6.49. The Labute approximate surface area is 314 Å². The van der Waals surface area contributed by atoms with Crippen molar-refractivity contribution in [2.75, 3.05) is 20.9 Å². The maximum atomic E-state index is 13.4. The lowest BCUT2D eigenvalue weighted by molar-refractivity contribution is 0.0910. The van der Waals surface area contributed by atoms with Crippen molar-refractivity contribution < 1.29 is 33.5 Å². The number of carbonyl (C=O) groups is 6. The van der Waals surface area contributed by atoms with Crippen molar-refractivity contribution in [2.24, 2.45) is 0 Å². The number of nitrogen functional groups attached to an aromatic ring is 1. The van der Waals surface area contributed by atoms with Gasteiger partial charge in [0, 0.05) is 28.9 Å². The second kappa shape index (κ2) is 13.7. The van der Waals surface area contributed by atoms with Gasteiger partial charge in [-0.15, -0.1) is 0 Å². The summed E-state index contributed by atoms with van der Waals surface area (Å²) >= 11 is 0. The molecule has 6 aromatic rings. The molecule has 11 heteroatoms. The summed E-state index contributed by atoms with van der Waals surface area (Å²) in [6, 6.07) is 35.9. The SMILES string of the molecule is Cc1ccc(CC(=O)c2ccc3c(c2)C(=O)N(c2ccc(Oc4ccc(N5C(=O)c6ccc(C(=O)Nc7ccc(N)cc7)cc6C5=O)cc4)cc2)C3=O)cc1. The standard InChI is InChI=1S/C44H30N4O7/c1-25-2-4-26(5-3-25)22-39(49)27-6-20-35-37(23-27)43(53)47(41(35)51)31-12-16-33(17-13-31)55-34-18-14-32(15-19-34)48-42(52)36-21-7-28(24-38(36)44(48)54)40(50)46-30-10-8-29(45)9-11-30/h2-21,23-24H,22,45H2,1H3,(H,46,50). The number of benzene rings is 6. The summed E-state index contributed by atoms with van der Waals surface area (Å²) in [5, 5.41) is 2.75. The molecular weight excluding hydrogens is 697 g/mol. The first kappa shape index (κ1) is 34.4. The van der Waals surface area contributed by atoms with Crippen molar-refractivity contribution in [3.63, 3.8) is 0 Å². The molecule has 55 heavy (non-hydrogen) atoms. The maximum absolute atomic E-state index is 13.4. The number of hydrogen-bond acceptors (Lipinski definition) is 8. The zero-order chi connectivity index (χ0) is 38.4. The number of aryl methyl sites for hydroxylation is 1. The molecule has 5 amide bonds. The van der Waals surface area contributed by atoms with Gasteiger partial charge >= 0.3 is 0 Å². The van der Waals surface area contributed by atoms with E-state index in [1.54, 1.807) is 78.9 Å². The molecule has 3 N–H and O–H groups in total. The molecule has 0 atom stereocenters. The van der Waals surface area contributed by atoms with Crippen LogP contribution in [0, 0.1) is 6.92 Å². The Balaban J connectivity index is 0.918. The number of nitrogens with zero attached hydrogens (tertiary/aromatic N) is 2. The normalized spacial score (nSPS) is 13.2. The maximum Gasteiger partial charge on any atom is 0.266 e. The summed E-state index contributed by atoms with van der Waals surface area (Å²) in [4.78, 5) is 81.3. The molecule has 0 saturated carbocycles. The van der Waals surface area contributed by atoms with Gasteiger partial charge in [0.15, 0.2) is 5.78 Å². The molecule has 8 rings (SSSR count). The Morgan fingerprint density at radius 2 is 1.04 bits per heavy atom. The molecule has 0 saturated heterocycles. The minimum atomic E-state index is -0.565. The molecule has 2 heterocycles. The molecule has 0 fully saturated rings. The Bertz CT molecular complexity index is 2400. The molecule has 2 aliphatic heterocycles. The summed E-state index contributed by atoms with van der Waals surface area (Å²) < 4.78 is 5.97. The molecule has 0 aromatic heterocycles. The Morgan fingerprint density at radius 1 is 0.564 bits per heavy atom. The van der Waals surface area contributed by atoms with Gasteiger partial charge in [0.1, 0.15) is 11.5 Å². The highest BCUT2D eigenvalue weighted by molar-refractivity contribution is 6.35. The van der Waals surface area contributed by atoms with E-state index in [2.05, 4.69) is 5.32 Å². The van der Waals surface area contributed by atoms with E-state index < -0.39 is 29.5 Å². The predicted molar refractivity (Wildman–Crippen MR) is 206 cm³/mol. The highest BCUT2D eigenvalue weighted by atomic mass is 16.5. The van der Waals surface area contributed by atoms with Crippen molar-refractivity contribution >= 4 is 58.1 Å². The molecule has 0 aliphatic carbocycles. The first-order valence-corrected chi connectivity index (χ1v) is 17.2. The Morgan fingerprint density at radius 3 is 1.56 bits per heavy atom. The molecule has 11 nitrogen and oxygen atoms in total. The van der Waals surface area contributed by atoms with Gasteiger partial charge in [0.2, 0.25) is 0 Å². The number of anilines is 4. The third kappa shape index (κ3) is 6.51. The average molecular weight is 727 g/mol. The number of ether oxygens (including phenoxy) is 1. The van der Waals surface area contributed by atoms with Gasteiger partial charge in [-0.3, -0.25) is 28.8 Å². The molecule has 268 valence electrons. The van der Waals surface area contributed by atoms with E-state index >= 15 is 0 Å². The number of nitrogens with one attached hydrogen (secondary N) is 1. The highest BCUT2D eigenvalue weighted by Gasteiger charge is 2.38. The van der Waals surface area contributed by atoms with Crippen LogP contribution in [-0.4, -0.2) is 35.3 Å². The predicted octanol–water partition coefficient (Wildman–Crippen LogP) is 7.65. The molecule has 0 spiro atoms. The summed E-state index contributed by atoms with van der Waals surface area (Å²) in [5.41, 5.74) is 10.6. The van der Waals surface area contributed by atoms with Crippen molar-refractivity contribution in [2.45, 2.75) is 13.3 Å². The van der Waals surface area contributed by atoms with Crippen molar-refractivity contribution in [3.05, 3.63) is 178 Å². The van der Waals surface area contributed by atoms with Gasteiger partial charge in [-0.2, -0.15) is 0 Å².